The molecule has 1 saturated carbocycles. The van der Waals surface area contributed by atoms with E-state index in [9.17, 15) is 13.2 Å². The number of halogens is 3. The quantitative estimate of drug-likeness (QED) is 0.528. The van der Waals surface area contributed by atoms with Gasteiger partial charge >= 0.3 is 6.18 Å². The smallest absolute Gasteiger partial charge is 0.384 e. The van der Waals surface area contributed by atoms with E-state index in [0.717, 1.165) is 18.2 Å². The van der Waals surface area contributed by atoms with Crippen LogP contribution in [0.1, 0.15) is 37.7 Å². The Bertz CT molecular complexity index is 959. The van der Waals surface area contributed by atoms with Crippen molar-refractivity contribution < 1.29 is 13.2 Å². The number of anilines is 1. The fourth-order valence-corrected chi connectivity index (χ4v) is 4.13. The maximum Gasteiger partial charge on any atom is 0.418 e. The van der Waals surface area contributed by atoms with Crippen LogP contribution in [-0.4, -0.2) is 11.5 Å². The van der Waals surface area contributed by atoms with Crippen molar-refractivity contribution in [1.29, 1.82) is 0 Å². The van der Waals surface area contributed by atoms with Gasteiger partial charge in [-0.1, -0.05) is 49.6 Å². The maximum absolute atomic E-state index is 14.0. The average Bonchev–Trinajstić information content (AvgIpc) is 2.71. The number of benzene rings is 2. The van der Waals surface area contributed by atoms with Gasteiger partial charge in [0, 0.05) is 23.8 Å². The van der Waals surface area contributed by atoms with Crippen LogP contribution in [0.5, 0.6) is 0 Å². The molecule has 0 saturated heterocycles. The van der Waals surface area contributed by atoms with Gasteiger partial charge in [0.25, 0.3) is 0 Å². The van der Waals surface area contributed by atoms with Gasteiger partial charge < -0.3 is 5.32 Å². The van der Waals surface area contributed by atoms with Gasteiger partial charge in [-0.2, -0.15) is 13.2 Å². The van der Waals surface area contributed by atoms with Crippen molar-refractivity contribution in [3.8, 4) is 11.1 Å². The average molecular weight is 384 g/mol. The van der Waals surface area contributed by atoms with E-state index in [2.05, 4.69) is 10.3 Å². The topological polar surface area (TPSA) is 24.9 Å². The van der Waals surface area contributed by atoms with E-state index < -0.39 is 11.7 Å². The molecule has 1 N–H and O–H groups in total. The third-order valence-electron chi connectivity index (χ3n) is 5.57. The molecule has 1 aliphatic rings. The first kappa shape index (κ1) is 18.8. The Kier molecular flexibility index (Phi) is 5.25. The molecule has 1 fully saturated rings. The van der Waals surface area contributed by atoms with Crippen molar-refractivity contribution in [2.45, 2.75) is 38.3 Å². The Labute approximate surface area is 162 Å². The number of nitrogens with zero attached hydrogens (tertiary/aromatic N) is 1. The highest BCUT2D eigenvalue weighted by atomic mass is 19.4. The number of aromatic nitrogens is 1. The molecule has 0 spiro atoms. The molecule has 4 rings (SSSR count). The molecular formula is C23H23F3N2. The lowest BCUT2D eigenvalue weighted by atomic mass is 9.89. The molecule has 5 heteroatoms. The molecule has 0 amide bonds. The summed E-state index contributed by atoms with van der Waals surface area (Å²) in [6.07, 6.45) is 2.96. The largest absolute Gasteiger partial charge is 0.418 e. The fraction of sp³-hybridized carbons (Fsp3) is 0.348. The molecule has 0 atom stereocenters. The molecule has 0 aliphatic heterocycles. The van der Waals surface area contributed by atoms with E-state index in [4.69, 9.17) is 0 Å². The number of pyridine rings is 1. The van der Waals surface area contributed by atoms with E-state index >= 15 is 0 Å². The Morgan fingerprint density at radius 2 is 1.79 bits per heavy atom. The van der Waals surface area contributed by atoms with Gasteiger partial charge in [-0.25, -0.2) is 0 Å². The van der Waals surface area contributed by atoms with Crippen LogP contribution in [0.25, 0.3) is 22.0 Å². The van der Waals surface area contributed by atoms with Crippen molar-refractivity contribution in [1.82, 2.24) is 4.98 Å². The van der Waals surface area contributed by atoms with Crippen molar-refractivity contribution >= 4 is 16.6 Å². The fourth-order valence-electron chi connectivity index (χ4n) is 4.13. The minimum Gasteiger partial charge on any atom is -0.384 e. The molecule has 0 bridgehead atoms. The van der Waals surface area contributed by atoms with Crippen LogP contribution in [-0.2, 0) is 6.18 Å². The molecular weight excluding hydrogens is 361 g/mol. The lowest BCUT2D eigenvalue weighted by Crippen LogP contribution is -2.19. The molecule has 2 nitrogen and oxygen atoms in total. The minimum absolute atomic E-state index is 0.164. The lowest BCUT2D eigenvalue weighted by molar-refractivity contribution is -0.136. The van der Waals surface area contributed by atoms with Gasteiger partial charge in [-0.15, -0.1) is 0 Å². The summed E-state index contributed by atoms with van der Waals surface area (Å²) in [5.41, 5.74) is 0.972. The highest BCUT2D eigenvalue weighted by Gasteiger charge is 2.36. The molecule has 0 radical (unpaired) electrons. The van der Waals surface area contributed by atoms with Crippen molar-refractivity contribution in [2.24, 2.45) is 5.92 Å². The second kappa shape index (κ2) is 7.82. The summed E-state index contributed by atoms with van der Waals surface area (Å²) in [5.74, 6) is 0.448. The Morgan fingerprint density at radius 3 is 2.57 bits per heavy atom. The molecule has 28 heavy (non-hydrogen) atoms. The maximum atomic E-state index is 14.0. The third-order valence-corrected chi connectivity index (χ3v) is 5.57. The lowest BCUT2D eigenvalue weighted by Gasteiger charge is -2.24. The summed E-state index contributed by atoms with van der Waals surface area (Å²) >= 11 is 0. The van der Waals surface area contributed by atoms with Crippen molar-refractivity contribution in [3.05, 3.63) is 60.3 Å². The molecule has 3 aromatic rings. The summed E-state index contributed by atoms with van der Waals surface area (Å²) in [4.78, 5) is 4.28. The predicted octanol–water partition coefficient (Wildman–Crippen LogP) is 6.91. The van der Waals surface area contributed by atoms with Crippen LogP contribution in [0.15, 0.2) is 54.7 Å². The summed E-state index contributed by atoms with van der Waals surface area (Å²) in [6, 6.07) is 13.8. The molecule has 146 valence electrons. The van der Waals surface area contributed by atoms with Crippen LogP contribution in [0, 0.1) is 5.92 Å². The summed E-state index contributed by atoms with van der Waals surface area (Å²) in [7, 11) is 0. The van der Waals surface area contributed by atoms with Gasteiger partial charge in [-0.3, -0.25) is 4.98 Å². The standard InChI is InChI=1S/C23H23F3N2/c24-23(25,26)22-19(18-12-11-17-8-5-13-27-21(17)14-18)9-4-10-20(22)28-15-16-6-2-1-3-7-16/h4-5,8-14,16,28H,1-3,6-7,15H2. The normalized spacial score (nSPS) is 15.7. The number of hydrogen-bond acceptors (Lipinski definition) is 2. The number of alkyl halides is 3. The van der Waals surface area contributed by atoms with Crippen LogP contribution in [0.2, 0.25) is 0 Å². The molecule has 1 aromatic heterocycles. The predicted molar refractivity (Wildman–Crippen MR) is 107 cm³/mol. The van der Waals surface area contributed by atoms with Crippen LogP contribution in [0.4, 0.5) is 18.9 Å². The number of fused-ring (bicyclic) bond motifs is 1. The molecule has 1 aliphatic carbocycles. The Balaban J connectivity index is 1.71. The van der Waals surface area contributed by atoms with Crippen molar-refractivity contribution in [3.63, 3.8) is 0 Å². The van der Waals surface area contributed by atoms with Gasteiger partial charge in [-0.05, 0) is 48.1 Å². The second-order valence-corrected chi connectivity index (χ2v) is 7.52. The van der Waals surface area contributed by atoms with E-state index in [1.165, 1.54) is 25.3 Å². The highest BCUT2D eigenvalue weighted by molar-refractivity contribution is 5.86. The number of nitrogens with one attached hydrogen (secondary N) is 1. The third kappa shape index (κ3) is 3.98. The van der Waals surface area contributed by atoms with Gasteiger partial charge in [0.05, 0.1) is 11.1 Å². The first-order chi connectivity index (χ1) is 13.5. The van der Waals surface area contributed by atoms with Gasteiger partial charge in [0.2, 0.25) is 0 Å². The zero-order valence-electron chi connectivity index (χ0n) is 15.6. The summed E-state index contributed by atoms with van der Waals surface area (Å²) in [6.45, 7) is 0.589. The van der Waals surface area contributed by atoms with Crippen molar-refractivity contribution in [2.75, 3.05) is 11.9 Å². The first-order valence-corrected chi connectivity index (χ1v) is 9.81. The molecule has 2 aromatic carbocycles. The van der Waals surface area contributed by atoms with E-state index in [1.807, 2.05) is 18.2 Å². The van der Waals surface area contributed by atoms with E-state index in [-0.39, 0.29) is 11.3 Å². The monoisotopic (exact) mass is 384 g/mol. The zero-order chi connectivity index (χ0) is 19.6. The molecule has 1 heterocycles. The number of hydrogen-bond donors (Lipinski definition) is 1. The minimum atomic E-state index is -4.44. The van der Waals surface area contributed by atoms with E-state index in [1.54, 1.807) is 30.5 Å². The Morgan fingerprint density at radius 1 is 0.964 bits per heavy atom. The SMILES string of the molecule is FC(F)(F)c1c(NCC2CCCCC2)cccc1-c1ccc2cccnc2c1. The summed E-state index contributed by atoms with van der Waals surface area (Å²) < 4.78 is 42.1. The van der Waals surface area contributed by atoms with Crippen LogP contribution in [0.3, 0.4) is 0 Å². The van der Waals surface area contributed by atoms with Crippen LogP contribution >= 0.6 is 0 Å². The zero-order valence-corrected chi connectivity index (χ0v) is 15.6. The van der Waals surface area contributed by atoms with Gasteiger partial charge in [0.15, 0.2) is 0 Å². The Hall–Kier alpha value is -2.56. The molecule has 0 unspecified atom stereocenters. The second-order valence-electron chi connectivity index (χ2n) is 7.52. The number of rotatable bonds is 4. The summed E-state index contributed by atoms with van der Waals surface area (Å²) in [5, 5.41) is 4.01. The first-order valence-electron chi connectivity index (χ1n) is 9.81. The van der Waals surface area contributed by atoms with Gasteiger partial charge in [0.1, 0.15) is 0 Å². The highest BCUT2D eigenvalue weighted by Crippen LogP contribution is 2.42. The van der Waals surface area contributed by atoms with Crippen LogP contribution < -0.4 is 5.32 Å². The van der Waals surface area contributed by atoms with E-state index in [0.29, 0.717) is 23.5 Å².